The second kappa shape index (κ2) is 8.23. The second-order valence-electron chi connectivity index (χ2n) is 6.31. The molecule has 2 aromatic carbocycles. The quantitative estimate of drug-likeness (QED) is 0.873. The Morgan fingerprint density at radius 1 is 1.19 bits per heavy atom. The first-order valence-electron chi connectivity index (χ1n) is 8.60. The van der Waals surface area contributed by atoms with E-state index in [-0.39, 0.29) is 30.8 Å². The summed E-state index contributed by atoms with van der Waals surface area (Å²) in [5.74, 6) is 0.378. The molecule has 0 bridgehead atoms. The average molecular weight is 373 g/mol. The van der Waals surface area contributed by atoms with Crippen molar-refractivity contribution in [3.05, 3.63) is 59.1 Å². The molecule has 2 aromatic rings. The average Bonchev–Trinajstić information content (AvgIpc) is 2.65. The van der Waals surface area contributed by atoms with Gasteiger partial charge in [-0.2, -0.15) is 0 Å². The number of fused-ring (bicyclic) bond motifs is 1. The Labute approximate surface area is 157 Å². The molecule has 136 valence electrons. The zero-order valence-corrected chi connectivity index (χ0v) is 15.3. The lowest BCUT2D eigenvalue weighted by Crippen LogP contribution is -2.42. The summed E-state index contributed by atoms with van der Waals surface area (Å²) < 4.78 is 5.75. The Hall–Kier alpha value is -2.53. The second-order valence-corrected chi connectivity index (χ2v) is 6.74. The zero-order chi connectivity index (χ0) is 18.5. The van der Waals surface area contributed by atoms with Crippen LogP contribution in [0, 0.1) is 0 Å². The maximum Gasteiger partial charge on any atom is 0.227 e. The van der Waals surface area contributed by atoms with Gasteiger partial charge in [-0.3, -0.25) is 9.59 Å². The number of hydrogen-bond donors (Lipinski definition) is 1. The predicted octanol–water partition coefficient (Wildman–Crippen LogP) is 3.55. The summed E-state index contributed by atoms with van der Waals surface area (Å²) in [4.78, 5) is 26.3. The Kier molecular flexibility index (Phi) is 5.78. The van der Waals surface area contributed by atoms with Crippen molar-refractivity contribution in [2.75, 3.05) is 11.4 Å². The molecule has 1 heterocycles. The Balaban J connectivity index is 1.56. The highest BCUT2D eigenvalue weighted by molar-refractivity contribution is 6.31. The number of carbonyl (C=O) groups is 2. The fourth-order valence-corrected chi connectivity index (χ4v) is 3.05. The third kappa shape index (κ3) is 4.55. The maximum atomic E-state index is 12.6. The molecule has 3 rings (SSSR count). The van der Waals surface area contributed by atoms with Gasteiger partial charge in [-0.05, 0) is 30.7 Å². The fraction of sp³-hybridized carbons (Fsp3) is 0.300. The number of ether oxygens (including phenoxy) is 1. The minimum atomic E-state index is -0.144. The van der Waals surface area contributed by atoms with Crippen LogP contribution in [0.1, 0.15) is 25.3 Å². The summed E-state index contributed by atoms with van der Waals surface area (Å²) in [5, 5.41) is 3.38. The minimum Gasteiger partial charge on any atom is -0.487 e. The normalized spacial score (nSPS) is 15.8. The van der Waals surface area contributed by atoms with Crippen molar-refractivity contribution in [1.29, 1.82) is 0 Å². The molecule has 0 aromatic heterocycles. The van der Waals surface area contributed by atoms with Crippen LogP contribution in [-0.4, -0.2) is 24.5 Å². The van der Waals surface area contributed by atoms with E-state index in [9.17, 15) is 9.59 Å². The van der Waals surface area contributed by atoms with E-state index in [4.69, 9.17) is 16.3 Å². The standard InChI is InChI=1S/C20H21ClN2O3/c1-14-13-23(17-11-16(21)7-8-18(17)26-14)20(25)10-9-19(24)22-12-15-5-3-2-4-6-15/h2-8,11,14H,9-10,12-13H2,1H3,(H,22,24)/t14-/m0/s1. The van der Waals surface area contributed by atoms with Gasteiger partial charge in [0.2, 0.25) is 11.8 Å². The number of rotatable bonds is 5. The van der Waals surface area contributed by atoms with E-state index < -0.39 is 0 Å². The van der Waals surface area contributed by atoms with Crippen molar-refractivity contribution in [3.63, 3.8) is 0 Å². The van der Waals surface area contributed by atoms with Gasteiger partial charge in [0.05, 0.1) is 12.2 Å². The highest BCUT2D eigenvalue weighted by atomic mass is 35.5. The third-order valence-corrected chi connectivity index (χ3v) is 4.41. The molecule has 0 saturated heterocycles. The van der Waals surface area contributed by atoms with Crippen LogP contribution in [0.25, 0.3) is 0 Å². The van der Waals surface area contributed by atoms with Crippen molar-refractivity contribution in [2.24, 2.45) is 0 Å². The third-order valence-electron chi connectivity index (χ3n) is 4.18. The van der Waals surface area contributed by atoms with Crippen molar-refractivity contribution < 1.29 is 14.3 Å². The first kappa shape index (κ1) is 18.3. The van der Waals surface area contributed by atoms with Crippen molar-refractivity contribution in [3.8, 4) is 5.75 Å². The van der Waals surface area contributed by atoms with E-state index in [2.05, 4.69) is 5.32 Å². The molecule has 0 aliphatic carbocycles. The lowest BCUT2D eigenvalue weighted by atomic mass is 10.1. The molecule has 26 heavy (non-hydrogen) atoms. The molecule has 5 nitrogen and oxygen atoms in total. The molecule has 0 radical (unpaired) electrons. The molecular formula is C20H21ClN2O3. The molecule has 1 aliphatic rings. The van der Waals surface area contributed by atoms with Gasteiger partial charge in [-0.1, -0.05) is 41.9 Å². The van der Waals surface area contributed by atoms with E-state index in [1.54, 1.807) is 23.1 Å². The van der Waals surface area contributed by atoms with Gasteiger partial charge in [-0.25, -0.2) is 0 Å². The Morgan fingerprint density at radius 2 is 1.96 bits per heavy atom. The smallest absolute Gasteiger partial charge is 0.227 e. The van der Waals surface area contributed by atoms with Crippen molar-refractivity contribution in [2.45, 2.75) is 32.4 Å². The number of nitrogens with one attached hydrogen (secondary N) is 1. The SMILES string of the molecule is C[C@H]1CN(C(=O)CCC(=O)NCc2ccccc2)c2cc(Cl)ccc2O1. The van der Waals surface area contributed by atoms with E-state index in [0.29, 0.717) is 29.5 Å². The number of benzene rings is 2. The molecule has 0 saturated carbocycles. The van der Waals surface area contributed by atoms with Crippen LogP contribution in [0.15, 0.2) is 48.5 Å². The number of halogens is 1. The molecule has 1 atom stereocenters. The number of hydrogen-bond acceptors (Lipinski definition) is 3. The summed E-state index contributed by atoms with van der Waals surface area (Å²) in [6.45, 7) is 2.81. The first-order valence-corrected chi connectivity index (χ1v) is 8.98. The maximum absolute atomic E-state index is 12.6. The van der Waals surface area contributed by atoms with Crippen LogP contribution in [-0.2, 0) is 16.1 Å². The van der Waals surface area contributed by atoms with E-state index in [0.717, 1.165) is 5.56 Å². The number of anilines is 1. The Bertz CT molecular complexity index is 795. The molecule has 1 N–H and O–H groups in total. The van der Waals surface area contributed by atoms with Crippen LogP contribution >= 0.6 is 11.6 Å². The lowest BCUT2D eigenvalue weighted by molar-refractivity contribution is -0.125. The topological polar surface area (TPSA) is 58.6 Å². The summed E-state index contributed by atoms with van der Waals surface area (Å²) in [6, 6.07) is 14.9. The van der Waals surface area contributed by atoms with Crippen LogP contribution in [0.4, 0.5) is 5.69 Å². The van der Waals surface area contributed by atoms with Gasteiger partial charge in [0, 0.05) is 24.4 Å². The molecule has 0 spiro atoms. The van der Waals surface area contributed by atoms with Gasteiger partial charge in [-0.15, -0.1) is 0 Å². The molecule has 6 heteroatoms. The van der Waals surface area contributed by atoms with E-state index >= 15 is 0 Å². The fourth-order valence-electron chi connectivity index (χ4n) is 2.89. The minimum absolute atomic E-state index is 0.112. The predicted molar refractivity (Wildman–Crippen MR) is 101 cm³/mol. The zero-order valence-electron chi connectivity index (χ0n) is 14.6. The largest absolute Gasteiger partial charge is 0.487 e. The van der Waals surface area contributed by atoms with Crippen molar-refractivity contribution >= 4 is 29.1 Å². The highest BCUT2D eigenvalue weighted by Gasteiger charge is 2.27. The Morgan fingerprint density at radius 3 is 2.73 bits per heavy atom. The number of amides is 2. The van der Waals surface area contributed by atoms with Gasteiger partial charge in [0.1, 0.15) is 11.9 Å². The summed E-state index contributed by atoms with van der Waals surface area (Å²) in [6.07, 6.45) is 0.173. The molecule has 0 unspecified atom stereocenters. The number of nitrogens with zero attached hydrogens (tertiary/aromatic N) is 1. The summed E-state index contributed by atoms with van der Waals surface area (Å²) >= 11 is 6.05. The molecule has 2 amide bonds. The van der Waals surface area contributed by atoms with Crippen molar-refractivity contribution in [1.82, 2.24) is 5.32 Å². The highest BCUT2D eigenvalue weighted by Crippen LogP contribution is 2.36. The van der Waals surface area contributed by atoms with Gasteiger partial charge >= 0.3 is 0 Å². The van der Waals surface area contributed by atoms with E-state index in [1.807, 2.05) is 37.3 Å². The van der Waals surface area contributed by atoms with E-state index in [1.165, 1.54) is 0 Å². The first-order chi connectivity index (χ1) is 12.5. The molecule has 1 aliphatic heterocycles. The van der Waals surface area contributed by atoms with Crippen LogP contribution < -0.4 is 15.0 Å². The number of carbonyl (C=O) groups excluding carboxylic acids is 2. The monoisotopic (exact) mass is 372 g/mol. The summed E-state index contributed by atoms with van der Waals surface area (Å²) in [5.41, 5.74) is 1.68. The van der Waals surface area contributed by atoms with Crippen LogP contribution in [0.5, 0.6) is 5.75 Å². The van der Waals surface area contributed by atoms with Gasteiger partial charge in [0.25, 0.3) is 0 Å². The summed E-state index contributed by atoms with van der Waals surface area (Å²) in [7, 11) is 0. The molecule has 0 fully saturated rings. The molecular weight excluding hydrogens is 352 g/mol. The van der Waals surface area contributed by atoms with Crippen LogP contribution in [0.2, 0.25) is 5.02 Å². The van der Waals surface area contributed by atoms with Gasteiger partial charge in [0.15, 0.2) is 0 Å². The lowest BCUT2D eigenvalue weighted by Gasteiger charge is -2.33. The van der Waals surface area contributed by atoms with Gasteiger partial charge < -0.3 is 15.0 Å². The van der Waals surface area contributed by atoms with Crippen LogP contribution in [0.3, 0.4) is 0 Å².